The predicted octanol–water partition coefficient (Wildman–Crippen LogP) is 2.99. The smallest absolute Gasteiger partial charge is 0.338 e. The highest BCUT2D eigenvalue weighted by Crippen LogP contribution is 2.31. The van der Waals surface area contributed by atoms with E-state index in [9.17, 15) is 9.90 Å². The Kier molecular flexibility index (Phi) is 2.71. The molecule has 0 atom stereocenters. The Hall–Kier alpha value is -1.74. The third-order valence-electron chi connectivity index (χ3n) is 2.34. The number of hydrogen-bond donors (Lipinski definition) is 1. The van der Waals surface area contributed by atoms with E-state index in [1.54, 1.807) is 24.3 Å². The van der Waals surface area contributed by atoms with Gasteiger partial charge in [-0.1, -0.05) is 23.7 Å². The van der Waals surface area contributed by atoms with Gasteiger partial charge in [0.25, 0.3) is 0 Å². The highest BCUT2D eigenvalue weighted by atomic mass is 35.5. The molecular formula is C12H9ClO3. The molecule has 0 bridgehead atoms. The SMILES string of the molecule is COC(=O)c1cc(O)c2cccc(Cl)c2c1. The van der Waals surface area contributed by atoms with Crippen LogP contribution in [0.25, 0.3) is 10.8 Å². The van der Waals surface area contributed by atoms with E-state index in [0.29, 0.717) is 15.8 Å². The average molecular weight is 237 g/mol. The molecule has 1 N–H and O–H groups in total. The molecule has 2 aromatic rings. The van der Waals surface area contributed by atoms with Crippen molar-refractivity contribution in [3.05, 3.63) is 40.9 Å². The second-order valence-electron chi connectivity index (χ2n) is 3.32. The zero-order valence-electron chi connectivity index (χ0n) is 8.53. The van der Waals surface area contributed by atoms with Crippen molar-refractivity contribution in [1.82, 2.24) is 0 Å². The second-order valence-corrected chi connectivity index (χ2v) is 3.73. The van der Waals surface area contributed by atoms with E-state index in [2.05, 4.69) is 4.74 Å². The van der Waals surface area contributed by atoms with Gasteiger partial charge in [0.15, 0.2) is 0 Å². The average Bonchev–Trinajstić information content (AvgIpc) is 2.29. The lowest BCUT2D eigenvalue weighted by Gasteiger charge is -2.06. The molecule has 0 aromatic heterocycles. The standard InChI is InChI=1S/C12H9ClO3/c1-16-12(15)7-5-9-8(11(14)6-7)3-2-4-10(9)13/h2-6,14H,1H3. The summed E-state index contributed by atoms with van der Waals surface area (Å²) in [6.45, 7) is 0. The van der Waals surface area contributed by atoms with E-state index in [-0.39, 0.29) is 11.3 Å². The van der Waals surface area contributed by atoms with Crippen molar-refractivity contribution in [3.8, 4) is 5.75 Å². The lowest BCUT2D eigenvalue weighted by Crippen LogP contribution is -2.00. The van der Waals surface area contributed by atoms with Crippen LogP contribution < -0.4 is 0 Å². The number of methoxy groups -OCH3 is 1. The van der Waals surface area contributed by atoms with Crippen LogP contribution in [0.3, 0.4) is 0 Å². The summed E-state index contributed by atoms with van der Waals surface area (Å²) < 4.78 is 4.59. The van der Waals surface area contributed by atoms with Crippen LogP contribution in [0.1, 0.15) is 10.4 Å². The molecule has 0 spiro atoms. The number of carbonyl (C=O) groups excluding carboxylic acids is 1. The van der Waals surface area contributed by atoms with Crippen molar-refractivity contribution < 1.29 is 14.6 Å². The molecule has 4 heteroatoms. The molecule has 0 aliphatic rings. The number of fused-ring (bicyclic) bond motifs is 1. The van der Waals surface area contributed by atoms with E-state index in [0.717, 1.165) is 0 Å². The minimum atomic E-state index is -0.503. The molecule has 0 aliphatic carbocycles. The molecule has 3 nitrogen and oxygen atoms in total. The summed E-state index contributed by atoms with van der Waals surface area (Å²) in [7, 11) is 1.29. The van der Waals surface area contributed by atoms with Gasteiger partial charge < -0.3 is 9.84 Å². The summed E-state index contributed by atoms with van der Waals surface area (Å²) in [5, 5.41) is 11.5. The highest BCUT2D eigenvalue weighted by molar-refractivity contribution is 6.35. The van der Waals surface area contributed by atoms with Crippen molar-refractivity contribution in [1.29, 1.82) is 0 Å². The lowest BCUT2D eigenvalue weighted by atomic mass is 10.1. The number of ether oxygens (including phenoxy) is 1. The predicted molar refractivity (Wildman–Crippen MR) is 62.0 cm³/mol. The molecule has 0 fully saturated rings. The first-order valence-electron chi connectivity index (χ1n) is 4.63. The van der Waals surface area contributed by atoms with Crippen molar-refractivity contribution >= 4 is 28.3 Å². The van der Waals surface area contributed by atoms with Crippen LogP contribution in [0.5, 0.6) is 5.75 Å². The first-order valence-corrected chi connectivity index (χ1v) is 5.01. The Morgan fingerprint density at radius 2 is 2.06 bits per heavy atom. The van der Waals surface area contributed by atoms with Gasteiger partial charge in [-0.3, -0.25) is 0 Å². The third kappa shape index (κ3) is 1.70. The Balaban J connectivity index is 2.75. The van der Waals surface area contributed by atoms with E-state index in [1.165, 1.54) is 13.2 Å². The molecule has 0 aliphatic heterocycles. The lowest BCUT2D eigenvalue weighted by molar-refractivity contribution is 0.0600. The first-order chi connectivity index (χ1) is 7.63. The van der Waals surface area contributed by atoms with Crippen molar-refractivity contribution in [2.75, 3.05) is 7.11 Å². The Labute approximate surface area is 97.2 Å². The summed E-state index contributed by atoms with van der Waals surface area (Å²) in [4.78, 5) is 11.3. The zero-order chi connectivity index (χ0) is 11.7. The summed E-state index contributed by atoms with van der Waals surface area (Å²) in [6.07, 6.45) is 0. The summed E-state index contributed by atoms with van der Waals surface area (Å²) >= 11 is 5.99. The number of halogens is 1. The van der Waals surface area contributed by atoms with Crippen LogP contribution >= 0.6 is 11.6 Å². The number of hydrogen-bond acceptors (Lipinski definition) is 3. The fraction of sp³-hybridized carbons (Fsp3) is 0.0833. The van der Waals surface area contributed by atoms with E-state index in [4.69, 9.17) is 11.6 Å². The van der Waals surface area contributed by atoms with Gasteiger partial charge in [0, 0.05) is 15.8 Å². The van der Waals surface area contributed by atoms with Crippen LogP contribution in [-0.4, -0.2) is 18.2 Å². The van der Waals surface area contributed by atoms with Crippen molar-refractivity contribution in [2.24, 2.45) is 0 Å². The molecule has 0 saturated carbocycles. The van der Waals surface area contributed by atoms with Crippen LogP contribution in [0.4, 0.5) is 0 Å². The number of rotatable bonds is 1. The van der Waals surface area contributed by atoms with Gasteiger partial charge in [0.2, 0.25) is 0 Å². The quantitative estimate of drug-likeness (QED) is 0.775. The zero-order valence-corrected chi connectivity index (χ0v) is 9.28. The van der Waals surface area contributed by atoms with Gasteiger partial charge in [-0.25, -0.2) is 4.79 Å². The van der Waals surface area contributed by atoms with Gasteiger partial charge >= 0.3 is 5.97 Å². The number of benzene rings is 2. The van der Waals surface area contributed by atoms with Crippen molar-refractivity contribution in [2.45, 2.75) is 0 Å². The molecule has 2 rings (SSSR count). The Morgan fingerprint density at radius 1 is 1.31 bits per heavy atom. The number of phenolic OH excluding ortho intramolecular Hbond substituents is 1. The van der Waals surface area contributed by atoms with E-state index >= 15 is 0 Å². The van der Waals surface area contributed by atoms with Crippen LogP contribution in [0, 0.1) is 0 Å². The number of esters is 1. The summed E-state index contributed by atoms with van der Waals surface area (Å²) in [5.41, 5.74) is 0.278. The number of phenols is 1. The topological polar surface area (TPSA) is 46.5 Å². The Bertz CT molecular complexity index is 563. The van der Waals surface area contributed by atoms with Crippen LogP contribution in [-0.2, 0) is 4.74 Å². The maximum absolute atomic E-state index is 11.3. The number of aromatic hydroxyl groups is 1. The maximum atomic E-state index is 11.3. The van der Waals surface area contributed by atoms with E-state index < -0.39 is 5.97 Å². The minimum absolute atomic E-state index is 0.0143. The molecule has 0 saturated heterocycles. The molecule has 16 heavy (non-hydrogen) atoms. The largest absolute Gasteiger partial charge is 0.507 e. The summed E-state index contributed by atoms with van der Waals surface area (Å²) in [5.74, 6) is -0.488. The highest BCUT2D eigenvalue weighted by Gasteiger charge is 2.11. The van der Waals surface area contributed by atoms with Gasteiger partial charge in [-0.15, -0.1) is 0 Å². The van der Waals surface area contributed by atoms with Gasteiger partial charge in [0.1, 0.15) is 5.75 Å². The molecule has 0 radical (unpaired) electrons. The Morgan fingerprint density at radius 3 is 2.75 bits per heavy atom. The molecule has 2 aromatic carbocycles. The molecule has 0 unspecified atom stereocenters. The first kappa shape index (κ1) is 10.8. The van der Waals surface area contributed by atoms with E-state index in [1.807, 2.05) is 0 Å². The normalized spacial score (nSPS) is 10.4. The fourth-order valence-corrected chi connectivity index (χ4v) is 1.79. The summed E-state index contributed by atoms with van der Waals surface area (Å²) in [6, 6.07) is 8.14. The monoisotopic (exact) mass is 236 g/mol. The molecule has 0 amide bonds. The fourth-order valence-electron chi connectivity index (χ4n) is 1.56. The second kappa shape index (κ2) is 4.02. The van der Waals surface area contributed by atoms with Crippen LogP contribution in [0.15, 0.2) is 30.3 Å². The molecular weight excluding hydrogens is 228 g/mol. The maximum Gasteiger partial charge on any atom is 0.338 e. The molecule has 0 heterocycles. The molecule has 82 valence electrons. The van der Waals surface area contributed by atoms with Crippen molar-refractivity contribution in [3.63, 3.8) is 0 Å². The van der Waals surface area contributed by atoms with Crippen LogP contribution in [0.2, 0.25) is 5.02 Å². The van der Waals surface area contributed by atoms with Gasteiger partial charge in [0.05, 0.1) is 12.7 Å². The number of carbonyl (C=O) groups is 1. The van der Waals surface area contributed by atoms with Gasteiger partial charge in [-0.05, 0) is 18.2 Å². The third-order valence-corrected chi connectivity index (χ3v) is 2.67. The minimum Gasteiger partial charge on any atom is -0.507 e. The van der Waals surface area contributed by atoms with Gasteiger partial charge in [-0.2, -0.15) is 0 Å².